The number of carbonyl (C=O) groups is 3. The number of hydrogen-bond donors (Lipinski definition) is 2. The van der Waals surface area contributed by atoms with E-state index in [2.05, 4.69) is 10.6 Å². The Morgan fingerprint density at radius 2 is 1.64 bits per heavy atom. The Morgan fingerprint density at radius 1 is 0.960 bits per heavy atom. The van der Waals surface area contributed by atoms with Gasteiger partial charge in [-0.05, 0) is 49.2 Å². The Morgan fingerprint density at radius 3 is 2.28 bits per heavy atom. The molecule has 25 heavy (non-hydrogen) atoms. The second-order valence-electron chi connectivity index (χ2n) is 5.36. The largest absolute Gasteiger partial charge is 0.462 e. The van der Waals surface area contributed by atoms with Crippen molar-refractivity contribution >= 4 is 23.5 Å². The summed E-state index contributed by atoms with van der Waals surface area (Å²) in [6.07, 6.45) is 0. The lowest BCUT2D eigenvalue weighted by Crippen LogP contribution is -2.35. The highest BCUT2D eigenvalue weighted by Crippen LogP contribution is 2.11. The van der Waals surface area contributed by atoms with E-state index in [1.165, 1.54) is 12.1 Å². The lowest BCUT2D eigenvalue weighted by molar-refractivity contribution is -0.136. The van der Waals surface area contributed by atoms with Gasteiger partial charge in [-0.3, -0.25) is 9.59 Å². The van der Waals surface area contributed by atoms with Crippen molar-refractivity contribution < 1.29 is 19.1 Å². The lowest BCUT2D eigenvalue weighted by atomic mass is 10.1. The smallest absolute Gasteiger partial charge is 0.338 e. The Balaban J connectivity index is 1.89. The van der Waals surface area contributed by atoms with Crippen LogP contribution in [0.3, 0.4) is 0 Å². The molecule has 130 valence electrons. The summed E-state index contributed by atoms with van der Waals surface area (Å²) in [5, 5.41) is 5.07. The molecule has 0 heterocycles. The first kappa shape index (κ1) is 18.2. The highest BCUT2D eigenvalue weighted by molar-refractivity contribution is 6.39. The highest BCUT2D eigenvalue weighted by Gasteiger charge is 2.14. The van der Waals surface area contributed by atoms with Crippen molar-refractivity contribution in [1.82, 2.24) is 5.32 Å². The normalized spacial score (nSPS) is 10.0. The second-order valence-corrected chi connectivity index (χ2v) is 5.36. The third-order valence-electron chi connectivity index (χ3n) is 3.56. The second kappa shape index (κ2) is 8.63. The van der Waals surface area contributed by atoms with Gasteiger partial charge < -0.3 is 15.4 Å². The van der Waals surface area contributed by atoms with Gasteiger partial charge in [-0.15, -0.1) is 0 Å². The van der Waals surface area contributed by atoms with E-state index in [1.54, 1.807) is 19.1 Å². The molecule has 0 radical (unpaired) electrons. The zero-order valence-corrected chi connectivity index (χ0v) is 14.2. The summed E-state index contributed by atoms with van der Waals surface area (Å²) in [6.45, 7) is 4.23. The fraction of sp³-hybridized carbons (Fsp3) is 0.211. The Hall–Kier alpha value is -3.15. The molecule has 0 aliphatic carbocycles. The minimum Gasteiger partial charge on any atom is -0.462 e. The van der Waals surface area contributed by atoms with Gasteiger partial charge in [0.2, 0.25) is 0 Å². The SMILES string of the molecule is CCOC(=O)c1ccc(NC(=O)C(=O)NCc2ccccc2C)cc1. The first-order valence-electron chi connectivity index (χ1n) is 7.92. The van der Waals surface area contributed by atoms with Crippen LogP contribution in [0.4, 0.5) is 5.69 Å². The minimum absolute atomic E-state index is 0.278. The van der Waals surface area contributed by atoms with Gasteiger partial charge in [0.25, 0.3) is 0 Å². The van der Waals surface area contributed by atoms with Gasteiger partial charge in [-0.25, -0.2) is 4.79 Å². The van der Waals surface area contributed by atoms with Crippen LogP contribution in [-0.2, 0) is 20.9 Å². The van der Waals surface area contributed by atoms with Crippen LogP contribution in [0, 0.1) is 6.92 Å². The van der Waals surface area contributed by atoms with Crippen LogP contribution in [0.1, 0.15) is 28.4 Å². The molecular formula is C19H20N2O4. The van der Waals surface area contributed by atoms with Crippen LogP contribution in [-0.4, -0.2) is 24.4 Å². The predicted octanol–water partition coefficient (Wildman–Crippen LogP) is 2.43. The van der Waals surface area contributed by atoms with E-state index < -0.39 is 17.8 Å². The minimum atomic E-state index is -0.766. The van der Waals surface area contributed by atoms with Crippen molar-refractivity contribution in [3.05, 3.63) is 65.2 Å². The van der Waals surface area contributed by atoms with Gasteiger partial charge in [-0.1, -0.05) is 24.3 Å². The molecular weight excluding hydrogens is 320 g/mol. The third-order valence-corrected chi connectivity index (χ3v) is 3.56. The zero-order valence-electron chi connectivity index (χ0n) is 14.2. The van der Waals surface area contributed by atoms with Gasteiger partial charge in [0.15, 0.2) is 0 Å². The molecule has 0 bridgehead atoms. The van der Waals surface area contributed by atoms with Crippen LogP contribution in [0.25, 0.3) is 0 Å². The molecule has 0 unspecified atom stereocenters. The highest BCUT2D eigenvalue weighted by atomic mass is 16.5. The fourth-order valence-corrected chi connectivity index (χ4v) is 2.16. The van der Waals surface area contributed by atoms with Crippen molar-refractivity contribution in [2.24, 2.45) is 0 Å². The van der Waals surface area contributed by atoms with E-state index in [0.29, 0.717) is 17.9 Å². The molecule has 6 nitrogen and oxygen atoms in total. The first-order valence-corrected chi connectivity index (χ1v) is 7.92. The van der Waals surface area contributed by atoms with Crippen LogP contribution in [0.2, 0.25) is 0 Å². The van der Waals surface area contributed by atoms with Crippen LogP contribution in [0.5, 0.6) is 0 Å². The van der Waals surface area contributed by atoms with Crippen LogP contribution < -0.4 is 10.6 Å². The maximum Gasteiger partial charge on any atom is 0.338 e. The fourth-order valence-electron chi connectivity index (χ4n) is 2.16. The number of aryl methyl sites for hydroxylation is 1. The van der Waals surface area contributed by atoms with Crippen LogP contribution >= 0.6 is 0 Å². The average molecular weight is 340 g/mol. The molecule has 0 aliphatic heterocycles. The van der Waals surface area contributed by atoms with Crippen molar-refractivity contribution in [1.29, 1.82) is 0 Å². The topological polar surface area (TPSA) is 84.5 Å². The number of anilines is 1. The molecule has 0 saturated carbocycles. The van der Waals surface area contributed by atoms with E-state index in [-0.39, 0.29) is 6.54 Å². The molecule has 0 spiro atoms. The summed E-state index contributed by atoms with van der Waals surface area (Å²) in [4.78, 5) is 35.4. The Labute approximate surface area is 146 Å². The molecule has 2 aromatic carbocycles. The number of esters is 1. The zero-order chi connectivity index (χ0) is 18.2. The molecule has 0 atom stereocenters. The maximum atomic E-state index is 11.9. The van der Waals surface area contributed by atoms with Gasteiger partial charge in [0, 0.05) is 12.2 Å². The standard InChI is InChI=1S/C19H20N2O4/c1-3-25-19(24)14-8-10-16(11-9-14)21-18(23)17(22)20-12-15-7-5-4-6-13(15)2/h4-11H,3,12H2,1-2H3,(H,20,22)(H,21,23). The summed E-state index contributed by atoms with van der Waals surface area (Å²) in [6, 6.07) is 13.7. The van der Waals surface area contributed by atoms with Crippen molar-refractivity contribution in [3.63, 3.8) is 0 Å². The lowest BCUT2D eigenvalue weighted by Gasteiger charge is -2.09. The molecule has 6 heteroatoms. The molecule has 2 aromatic rings. The Kier molecular flexibility index (Phi) is 6.28. The molecule has 0 fully saturated rings. The number of nitrogens with one attached hydrogen (secondary N) is 2. The summed E-state index contributed by atoms with van der Waals surface area (Å²) >= 11 is 0. The molecule has 0 saturated heterocycles. The van der Waals surface area contributed by atoms with E-state index >= 15 is 0 Å². The quantitative estimate of drug-likeness (QED) is 0.647. The first-order chi connectivity index (χ1) is 12.0. The van der Waals surface area contributed by atoms with Gasteiger partial charge in [0.1, 0.15) is 0 Å². The Bertz CT molecular complexity index is 769. The summed E-state index contributed by atoms with van der Waals surface area (Å²) in [5.41, 5.74) is 2.79. The third kappa shape index (κ3) is 5.17. The summed E-state index contributed by atoms with van der Waals surface area (Å²) in [5.74, 6) is -1.92. The number of amides is 2. The number of ether oxygens (including phenoxy) is 1. The molecule has 2 amide bonds. The van der Waals surface area contributed by atoms with E-state index in [1.807, 2.05) is 31.2 Å². The van der Waals surface area contributed by atoms with E-state index in [9.17, 15) is 14.4 Å². The number of hydrogen-bond acceptors (Lipinski definition) is 4. The van der Waals surface area contributed by atoms with Crippen molar-refractivity contribution in [2.75, 3.05) is 11.9 Å². The number of benzene rings is 2. The molecule has 0 aliphatic rings. The van der Waals surface area contributed by atoms with Gasteiger partial charge in [-0.2, -0.15) is 0 Å². The summed E-state index contributed by atoms with van der Waals surface area (Å²) in [7, 11) is 0. The van der Waals surface area contributed by atoms with Gasteiger partial charge >= 0.3 is 17.8 Å². The predicted molar refractivity (Wildman–Crippen MR) is 94.1 cm³/mol. The average Bonchev–Trinajstić information content (AvgIpc) is 2.61. The number of carbonyl (C=O) groups excluding carboxylic acids is 3. The molecule has 2 N–H and O–H groups in total. The monoisotopic (exact) mass is 340 g/mol. The number of rotatable bonds is 5. The molecule has 2 rings (SSSR count). The van der Waals surface area contributed by atoms with E-state index in [0.717, 1.165) is 11.1 Å². The summed E-state index contributed by atoms with van der Waals surface area (Å²) < 4.78 is 4.88. The van der Waals surface area contributed by atoms with Gasteiger partial charge in [0.05, 0.1) is 12.2 Å². The van der Waals surface area contributed by atoms with Crippen molar-refractivity contribution in [3.8, 4) is 0 Å². The maximum absolute atomic E-state index is 11.9. The van der Waals surface area contributed by atoms with Crippen LogP contribution in [0.15, 0.2) is 48.5 Å². The molecule has 0 aromatic heterocycles. The van der Waals surface area contributed by atoms with E-state index in [4.69, 9.17) is 4.74 Å². The van der Waals surface area contributed by atoms with Crippen molar-refractivity contribution in [2.45, 2.75) is 20.4 Å².